The van der Waals surface area contributed by atoms with Crippen molar-refractivity contribution in [3.05, 3.63) is 21.0 Å². The van der Waals surface area contributed by atoms with Crippen molar-refractivity contribution in [3.63, 3.8) is 0 Å². The minimum absolute atomic E-state index is 0.106. The lowest BCUT2D eigenvalue weighted by Gasteiger charge is -2.11. The topological polar surface area (TPSA) is 65.4 Å². The molecule has 21 heavy (non-hydrogen) atoms. The zero-order valence-corrected chi connectivity index (χ0v) is 14.5. The molecular formula is C14H24BrN3O3. The molecule has 1 N–H and O–H groups in total. The van der Waals surface area contributed by atoms with Crippen LogP contribution in [0.3, 0.4) is 0 Å². The highest BCUT2D eigenvalue weighted by atomic mass is 79.9. The molecule has 0 aliphatic heterocycles. The molecule has 0 spiro atoms. The summed E-state index contributed by atoms with van der Waals surface area (Å²) < 4.78 is 12.3. The number of methoxy groups -OCH3 is 1. The molecule has 0 bridgehead atoms. The maximum atomic E-state index is 12.1. The Hall–Kier alpha value is -0.920. The second-order valence-corrected chi connectivity index (χ2v) is 5.93. The number of ether oxygens (including phenoxy) is 2. The van der Waals surface area contributed by atoms with E-state index in [4.69, 9.17) is 9.47 Å². The SMILES string of the molecule is COCCOCCCNc1cnn(CC(C)C)c(=O)c1Br. The molecule has 1 rings (SSSR count). The zero-order chi connectivity index (χ0) is 15.7. The third kappa shape index (κ3) is 6.58. The maximum absolute atomic E-state index is 12.1. The maximum Gasteiger partial charge on any atom is 0.283 e. The van der Waals surface area contributed by atoms with Crippen LogP contribution in [0.4, 0.5) is 5.69 Å². The lowest BCUT2D eigenvalue weighted by Crippen LogP contribution is -2.26. The normalized spacial score (nSPS) is 11.1. The van der Waals surface area contributed by atoms with Gasteiger partial charge in [-0.25, -0.2) is 4.68 Å². The summed E-state index contributed by atoms with van der Waals surface area (Å²) in [6.07, 6.45) is 2.53. The van der Waals surface area contributed by atoms with Crippen LogP contribution in [0.25, 0.3) is 0 Å². The average molecular weight is 362 g/mol. The van der Waals surface area contributed by atoms with E-state index in [1.807, 2.05) is 0 Å². The number of aromatic nitrogens is 2. The third-order valence-corrected chi connectivity index (χ3v) is 3.50. The van der Waals surface area contributed by atoms with Gasteiger partial charge in [-0.05, 0) is 28.3 Å². The summed E-state index contributed by atoms with van der Waals surface area (Å²) in [5, 5.41) is 7.37. The van der Waals surface area contributed by atoms with Crippen LogP contribution in [0.2, 0.25) is 0 Å². The molecule has 1 aromatic rings. The van der Waals surface area contributed by atoms with Crippen molar-refractivity contribution in [1.29, 1.82) is 0 Å². The van der Waals surface area contributed by atoms with E-state index >= 15 is 0 Å². The molecule has 0 saturated carbocycles. The van der Waals surface area contributed by atoms with Gasteiger partial charge in [0, 0.05) is 26.8 Å². The summed E-state index contributed by atoms with van der Waals surface area (Å²) in [5.41, 5.74) is 0.613. The van der Waals surface area contributed by atoms with E-state index in [2.05, 4.69) is 40.2 Å². The lowest BCUT2D eigenvalue weighted by atomic mass is 10.2. The summed E-state index contributed by atoms with van der Waals surface area (Å²) in [6, 6.07) is 0. The standard InChI is InChI=1S/C14H24BrN3O3/c1-11(2)10-18-14(19)13(15)12(9-17-18)16-5-4-6-21-8-7-20-3/h9,11,16H,4-8,10H2,1-3H3. The quantitative estimate of drug-likeness (QED) is 0.646. The lowest BCUT2D eigenvalue weighted by molar-refractivity contribution is 0.0705. The summed E-state index contributed by atoms with van der Waals surface area (Å²) in [5.74, 6) is 0.380. The molecule has 120 valence electrons. The minimum Gasteiger partial charge on any atom is -0.383 e. The molecule has 6 nitrogen and oxygen atoms in total. The van der Waals surface area contributed by atoms with Crippen LogP contribution in [0.5, 0.6) is 0 Å². The van der Waals surface area contributed by atoms with Gasteiger partial charge in [-0.1, -0.05) is 13.8 Å². The Morgan fingerprint density at radius 2 is 2.14 bits per heavy atom. The van der Waals surface area contributed by atoms with Crippen molar-refractivity contribution in [1.82, 2.24) is 9.78 Å². The first kappa shape index (κ1) is 18.1. The largest absolute Gasteiger partial charge is 0.383 e. The third-order valence-electron chi connectivity index (χ3n) is 2.74. The summed E-state index contributed by atoms with van der Waals surface area (Å²) in [7, 11) is 1.65. The number of halogens is 1. The van der Waals surface area contributed by atoms with E-state index in [1.165, 1.54) is 4.68 Å². The minimum atomic E-state index is -0.106. The van der Waals surface area contributed by atoms with Gasteiger partial charge in [-0.2, -0.15) is 5.10 Å². The van der Waals surface area contributed by atoms with Crippen LogP contribution in [-0.2, 0) is 16.0 Å². The van der Waals surface area contributed by atoms with Gasteiger partial charge in [0.05, 0.1) is 25.1 Å². The second kappa shape index (κ2) is 9.92. The molecule has 0 aliphatic carbocycles. The number of rotatable bonds is 10. The molecule has 0 radical (unpaired) electrons. The monoisotopic (exact) mass is 361 g/mol. The predicted molar refractivity (Wildman–Crippen MR) is 86.8 cm³/mol. The van der Waals surface area contributed by atoms with Crippen LogP contribution < -0.4 is 10.9 Å². The molecule has 0 saturated heterocycles. The zero-order valence-electron chi connectivity index (χ0n) is 12.9. The number of nitrogens with one attached hydrogen (secondary N) is 1. The number of nitrogens with zero attached hydrogens (tertiary/aromatic N) is 2. The summed E-state index contributed by atoms with van der Waals surface area (Å²) in [6.45, 7) is 7.32. The van der Waals surface area contributed by atoms with Gasteiger partial charge in [0.2, 0.25) is 0 Å². The molecule has 1 heterocycles. The van der Waals surface area contributed by atoms with Crippen LogP contribution in [-0.4, -0.2) is 43.3 Å². The molecule has 7 heteroatoms. The summed E-state index contributed by atoms with van der Waals surface area (Å²) >= 11 is 3.34. The van der Waals surface area contributed by atoms with Gasteiger partial charge in [0.1, 0.15) is 4.47 Å². The molecule has 0 unspecified atom stereocenters. The first-order valence-electron chi connectivity index (χ1n) is 7.12. The number of hydrogen-bond acceptors (Lipinski definition) is 5. The van der Waals surface area contributed by atoms with Crippen molar-refractivity contribution in [3.8, 4) is 0 Å². The Bertz CT molecular complexity index is 477. The van der Waals surface area contributed by atoms with Crippen molar-refractivity contribution >= 4 is 21.6 Å². The predicted octanol–water partition coefficient (Wildman–Crippen LogP) is 2.13. The Labute approximate surface area is 134 Å². The van der Waals surface area contributed by atoms with Crippen molar-refractivity contribution in [2.24, 2.45) is 5.92 Å². The highest BCUT2D eigenvalue weighted by Crippen LogP contribution is 2.16. The van der Waals surface area contributed by atoms with Gasteiger partial charge in [0.15, 0.2) is 0 Å². The van der Waals surface area contributed by atoms with Gasteiger partial charge in [-0.15, -0.1) is 0 Å². The fourth-order valence-corrected chi connectivity index (χ4v) is 2.15. The van der Waals surface area contributed by atoms with Crippen molar-refractivity contribution in [2.45, 2.75) is 26.8 Å². The van der Waals surface area contributed by atoms with Crippen LogP contribution in [0.15, 0.2) is 15.5 Å². The number of anilines is 1. The molecule has 0 aromatic carbocycles. The van der Waals surface area contributed by atoms with E-state index in [9.17, 15) is 4.79 Å². The first-order chi connectivity index (χ1) is 10.1. The average Bonchev–Trinajstić information content (AvgIpc) is 2.44. The van der Waals surface area contributed by atoms with Crippen LogP contribution in [0, 0.1) is 5.92 Å². The van der Waals surface area contributed by atoms with Gasteiger partial charge < -0.3 is 14.8 Å². The first-order valence-corrected chi connectivity index (χ1v) is 7.91. The molecule has 0 atom stereocenters. The highest BCUT2D eigenvalue weighted by molar-refractivity contribution is 9.10. The van der Waals surface area contributed by atoms with Crippen molar-refractivity contribution in [2.75, 3.05) is 38.8 Å². The van der Waals surface area contributed by atoms with E-state index in [-0.39, 0.29) is 5.56 Å². The van der Waals surface area contributed by atoms with Crippen LogP contribution >= 0.6 is 15.9 Å². The van der Waals surface area contributed by atoms with Gasteiger partial charge in [0.25, 0.3) is 5.56 Å². The Balaban J connectivity index is 2.42. The molecule has 0 aliphatic rings. The second-order valence-electron chi connectivity index (χ2n) is 5.14. The smallest absolute Gasteiger partial charge is 0.283 e. The number of hydrogen-bond donors (Lipinski definition) is 1. The van der Waals surface area contributed by atoms with E-state index < -0.39 is 0 Å². The fourth-order valence-electron chi connectivity index (χ4n) is 1.71. The van der Waals surface area contributed by atoms with Crippen molar-refractivity contribution < 1.29 is 9.47 Å². The van der Waals surface area contributed by atoms with E-state index in [1.54, 1.807) is 13.3 Å². The Morgan fingerprint density at radius 3 is 2.81 bits per heavy atom. The van der Waals surface area contributed by atoms with Crippen LogP contribution in [0.1, 0.15) is 20.3 Å². The fraction of sp³-hybridized carbons (Fsp3) is 0.714. The van der Waals surface area contributed by atoms with Gasteiger partial charge in [-0.3, -0.25) is 4.79 Å². The van der Waals surface area contributed by atoms with E-state index in [0.29, 0.717) is 36.8 Å². The Morgan fingerprint density at radius 1 is 1.38 bits per heavy atom. The highest BCUT2D eigenvalue weighted by Gasteiger charge is 2.09. The molecular weight excluding hydrogens is 338 g/mol. The Kier molecular flexibility index (Phi) is 8.56. The van der Waals surface area contributed by atoms with E-state index in [0.717, 1.165) is 18.7 Å². The summed E-state index contributed by atoms with van der Waals surface area (Å²) in [4.78, 5) is 12.1. The molecule has 0 fully saturated rings. The van der Waals surface area contributed by atoms with Gasteiger partial charge >= 0.3 is 0 Å². The molecule has 0 amide bonds. The molecule has 1 aromatic heterocycles.